The summed E-state index contributed by atoms with van der Waals surface area (Å²) in [5, 5.41) is 0.304. The summed E-state index contributed by atoms with van der Waals surface area (Å²) in [6.07, 6.45) is 0. The first kappa shape index (κ1) is 13.7. The van der Waals surface area contributed by atoms with E-state index >= 15 is 0 Å². The third kappa shape index (κ3) is 3.20. The number of hydrogen-bond donors (Lipinski definition) is 1. The third-order valence-electron chi connectivity index (χ3n) is 2.64. The van der Waals surface area contributed by atoms with Gasteiger partial charge in [-0.2, -0.15) is 0 Å². The molecule has 0 bridgehead atoms. The molecule has 19 heavy (non-hydrogen) atoms. The molecule has 2 rings (SSSR count). The number of hydrogen-bond acceptors (Lipinski definition) is 3. The Balaban J connectivity index is 2.59. The predicted octanol–water partition coefficient (Wildman–Crippen LogP) is 3.82. The van der Waals surface area contributed by atoms with Crippen molar-refractivity contribution in [2.75, 3.05) is 5.73 Å². The molecule has 0 fully saturated rings. The van der Waals surface area contributed by atoms with Gasteiger partial charge in [0.25, 0.3) is 0 Å². The lowest BCUT2D eigenvalue weighted by atomic mass is 9.92. The minimum atomic E-state index is -0.425. The first-order valence-electron chi connectivity index (χ1n) is 5.87. The average Bonchev–Trinajstić information content (AvgIpc) is 2.25. The molecule has 5 heteroatoms. The zero-order chi connectivity index (χ0) is 14.2. The van der Waals surface area contributed by atoms with Gasteiger partial charge >= 0.3 is 0 Å². The van der Waals surface area contributed by atoms with E-state index in [0.717, 1.165) is 5.69 Å². The molecule has 2 N–H and O–H groups in total. The summed E-state index contributed by atoms with van der Waals surface area (Å²) in [5.41, 5.74) is 6.95. The van der Waals surface area contributed by atoms with Crippen LogP contribution in [0.5, 0.6) is 0 Å². The summed E-state index contributed by atoms with van der Waals surface area (Å²) < 4.78 is 13.4. The monoisotopic (exact) mass is 279 g/mol. The number of benzene rings is 1. The summed E-state index contributed by atoms with van der Waals surface area (Å²) in [6, 6.07) is 5.92. The van der Waals surface area contributed by atoms with Crippen molar-refractivity contribution in [3.05, 3.63) is 40.8 Å². The van der Waals surface area contributed by atoms with Gasteiger partial charge in [-0.25, -0.2) is 14.4 Å². The number of aromatic nitrogens is 2. The van der Waals surface area contributed by atoms with Crippen molar-refractivity contribution >= 4 is 17.4 Å². The zero-order valence-corrected chi connectivity index (χ0v) is 11.8. The Kier molecular flexibility index (Phi) is 3.45. The van der Waals surface area contributed by atoms with E-state index in [1.165, 1.54) is 12.1 Å². The van der Waals surface area contributed by atoms with Gasteiger partial charge in [-0.15, -0.1) is 0 Å². The van der Waals surface area contributed by atoms with Crippen LogP contribution in [-0.4, -0.2) is 9.97 Å². The molecule has 0 unspecified atom stereocenters. The minimum Gasteiger partial charge on any atom is -0.384 e. The van der Waals surface area contributed by atoms with Gasteiger partial charge in [-0.1, -0.05) is 32.4 Å². The van der Waals surface area contributed by atoms with Crippen LogP contribution < -0.4 is 5.73 Å². The molecule has 0 aliphatic heterocycles. The standard InChI is InChI=1S/C14H15ClFN3/c1-14(2,3)11-7-12(17)19-13(18-11)8-4-9(15)6-10(16)5-8/h4-7H,1-3H3,(H2,17,18,19). The van der Waals surface area contributed by atoms with Crippen molar-refractivity contribution < 1.29 is 4.39 Å². The van der Waals surface area contributed by atoms with Gasteiger partial charge < -0.3 is 5.73 Å². The highest BCUT2D eigenvalue weighted by Gasteiger charge is 2.18. The second kappa shape index (κ2) is 4.78. The fraction of sp³-hybridized carbons (Fsp3) is 0.286. The topological polar surface area (TPSA) is 51.8 Å². The number of anilines is 1. The molecular weight excluding hydrogens is 265 g/mol. The Morgan fingerprint density at radius 3 is 2.37 bits per heavy atom. The van der Waals surface area contributed by atoms with E-state index in [1.54, 1.807) is 12.1 Å². The maximum atomic E-state index is 13.4. The fourth-order valence-corrected chi connectivity index (χ4v) is 1.88. The molecule has 1 heterocycles. The van der Waals surface area contributed by atoms with Gasteiger partial charge in [0.05, 0.1) is 5.69 Å². The third-order valence-corrected chi connectivity index (χ3v) is 2.85. The van der Waals surface area contributed by atoms with E-state index in [0.29, 0.717) is 22.2 Å². The Hall–Kier alpha value is -1.68. The van der Waals surface area contributed by atoms with Gasteiger partial charge in [-0.05, 0) is 18.2 Å². The van der Waals surface area contributed by atoms with Gasteiger partial charge in [0.1, 0.15) is 11.6 Å². The molecule has 1 aromatic carbocycles. The Morgan fingerprint density at radius 2 is 1.79 bits per heavy atom. The van der Waals surface area contributed by atoms with Crippen LogP contribution in [0.4, 0.5) is 10.2 Å². The molecule has 0 radical (unpaired) electrons. The van der Waals surface area contributed by atoms with Crippen LogP contribution in [0.15, 0.2) is 24.3 Å². The number of nitrogens with two attached hydrogens (primary N) is 1. The first-order valence-corrected chi connectivity index (χ1v) is 6.25. The molecule has 0 spiro atoms. The molecular formula is C14H15ClFN3. The average molecular weight is 280 g/mol. The Bertz CT molecular complexity index is 600. The molecule has 0 atom stereocenters. The van der Waals surface area contributed by atoms with Gasteiger partial charge in [0.2, 0.25) is 0 Å². The van der Waals surface area contributed by atoms with Crippen LogP contribution in [0, 0.1) is 5.82 Å². The summed E-state index contributed by atoms with van der Waals surface area (Å²) in [5.74, 6) is 0.312. The first-order chi connectivity index (χ1) is 8.75. The molecule has 0 saturated carbocycles. The summed E-state index contributed by atoms with van der Waals surface area (Å²) in [7, 11) is 0. The molecule has 0 aliphatic carbocycles. The van der Waals surface area contributed by atoms with Crippen LogP contribution in [0.25, 0.3) is 11.4 Å². The quantitative estimate of drug-likeness (QED) is 0.863. The van der Waals surface area contributed by atoms with Crippen molar-refractivity contribution in [2.45, 2.75) is 26.2 Å². The SMILES string of the molecule is CC(C)(C)c1cc(N)nc(-c2cc(F)cc(Cl)c2)n1. The molecule has 2 aromatic rings. The lowest BCUT2D eigenvalue weighted by Crippen LogP contribution is -2.15. The summed E-state index contributed by atoms with van der Waals surface area (Å²) >= 11 is 5.84. The van der Waals surface area contributed by atoms with Crippen LogP contribution in [0.2, 0.25) is 5.02 Å². The van der Waals surface area contributed by atoms with E-state index in [-0.39, 0.29) is 5.41 Å². The second-order valence-electron chi connectivity index (χ2n) is 5.41. The smallest absolute Gasteiger partial charge is 0.161 e. The lowest BCUT2D eigenvalue weighted by molar-refractivity contribution is 0.568. The minimum absolute atomic E-state index is 0.164. The maximum Gasteiger partial charge on any atom is 0.161 e. The fourth-order valence-electron chi connectivity index (χ4n) is 1.66. The highest BCUT2D eigenvalue weighted by atomic mass is 35.5. The number of nitrogen functional groups attached to an aromatic ring is 1. The molecule has 0 aliphatic rings. The van der Waals surface area contributed by atoms with Gasteiger partial charge in [-0.3, -0.25) is 0 Å². The normalized spacial score (nSPS) is 11.6. The molecule has 3 nitrogen and oxygen atoms in total. The zero-order valence-electron chi connectivity index (χ0n) is 11.0. The largest absolute Gasteiger partial charge is 0.384 e. The highest BCUT2D eigenvalue weighted by Crippen LogP contribution is 2.26. The van der Waals surface area contributed by atoms with Crippen molar-refractivity contribution in [1.82, 2.24) is 9.97 Å². The van der Waals surface area contributed by atoms with Crippen molar-refractivity contribution in [2.24, 2.45) is 0 Å². The van der Waals surface area contributed by atoms with Gasteiger partial charge in [0.15, 0.2) is 5.82 Å². The van der Waals surface area contributed by atoms with Crippen LogP contribution in [-0.2, 0) is 5.41 Å². The number of halogens is 2. The van der Waals surface area contributed by atoms with E-state index in [1.807, 2.05) is 20.8 Å². The van der Waals surface area contributed by atoms with Crippen LogP contribution in [0.1, 0.15) is 26.5 Å². The number of rotatable bonds is 1. The Labute approximate surface area is 116 Å². The molecule has 0 amide bonds. The highest BCUT2D eigenvalue weighted by molar-refractivity contribution is 6.30. The van der Waals surface area contributed by atoms with Crippen molar-refractivity contribution in [3.8, 4) is 11.4 Å². The summed E-state index contributed by atoms with van der Waals surface area (Å²) in [6.45, 7) is 6.07. The van der Waals surface area contributed by atoms with E-state index in [4.69, 9.17) is 17.3 Å². The lowest BCUT2D eigenvalue weighted by Gasteiger charge is -2.18. The van der Waals surface area contributed by atoms with E-state index in [2.05, 4.69) is 9.97 Å². The van der Waals surface area contributed by atoms with Crippen LogP contribution >= 0.6 is 11.6 Å². The number of nitrogens with zero attached hydrogens (tertiary/aromatic N) is 2. The maximum absolute atomic E-state index is 13.4. The summed E-state index contributed by atoms with van der Waals surface area (Å²) in [4.78, 5) is 8.58. The molecule has 0 saturated heterocycles. The van der Waals surface area contributed by atoms with Crippen molar-refractivity contribution in [1.29, 1.82) is 0 Å². The molecule has 100 valence electrons. The predicted molar refractivity (Wildman–Crippen MR) is 75.5 cm³/mol. The van der Waals surface area contributed by atoms with E-state index in [9.17, 15) is 4.39 Å². The Morgan fingerprint density at radius 1 is 1.11 bits per heavy atom. The van der Waals surface area contributed by atoms with Crippen molar-refractivity contribution in [3.63, 3.8) is 0 Å². The second-order valence-corrected chi connectivity index (χ2v) is 5.85. The van der Waals surface area contributed by atoms with Gasteiger partial charge in [0, 0.05) is 22.1 Å². The van der Waals surface area contributed by atoms with Crippen LogP contribution in [0.3, 0.4) is 0 Å². The molecule has 1 aromatic heterocycles. The van der Waals surface area contributed by atoms with E-state index < -0.39 is 5.82 Å².